The Morgan fingerprint density at radius 2 is 1.78 bits per heavy atom. The van der Waals surface area contributed by atoms with E-state index in [1.54, 1.807) is 0 Å². The Morgan fingerprint density at radius 1 is 1.00 bits per heavy atom. The van der Waals surface area contributed by atoms with Gasteiger partial charge in [0.25, 0.3) is 0 Å². The van der Waals surface area contributed by atoms with Crippen LogP contribution in [-0.2, 0) is 20.1 Å². The third kappa shape index (κ3) is 3.98. The quantitative estimate of drug-likeness (QED) is 0.666. The highest BCUT2D eigenvalue weighted by Gasteiger charge is 2.17. The second-order valence-corrected chi connectivity index (χ2v) is 6.82. The SMILES string of the molecule is CCN(Cc1ccccc1)Cc1cn(C)nc1-c1ccc2c(c1)OCCO2. The van der Waals surface area contributed by atoms with Crippen molar-refractivity contribution in [1.82, 2.24) is 14.7 Å². The zero-order valence-corrected chi connectivity index (χ0v) is 15.9. The van der Waals surface area contributed by atoms with Crippen molar-refractivity contribution in [3.63, 3.8) is 0 Å². The molecule has 5 heteroatoms. The van der Waals surface area contributed by atoms with E-state index in [1.165, 1.54) is 11.1 Å². The van der Waals surface area contributed by atoms with Crippen LogP contribution in [0.5, 0.6) is 11.5 Å². The number of aromatic nitrogens is 2. The first-order chi connectivity index (χ1) is 13.2. The van der Waals surface area contributed by atoms with E-state index in [0.29, 0.717) is 13.2 Å². The summed E-state index contributed by atoms with van der Waals surface area (Å²) < 4.78 is 13.3. The van der Waals surface area contributed by atoms with Crippen LogP contribution in [0.2, 0.25) is 0 Å². The number of nitrogens with zero attached hydrogens (tertiary/aromatic N) is 3. The molecule has 4 rings (SSSR count). The molecule has 0 aliphatic carbocycles. The Hall–Kier alpha value is -2.79. The van der Waals surface area contributed by atoms with E-state index in [-0.39, 0.29) is 0 Å². The van der Waals surface area contributed by atoms with Gasteiger partial charge in [-0.05, 0) is 30.3 Å². The van der Waals surface area contributed by atoms with Gasteiger partial charge in [0, 0.05) is 37.5 Å². The summed E-state index contributed by atoms with van der Waals surface area (Å²) in [6.45, 7) is 6.14. The van der Waals surface area contributed by atoms with Crippen LogP contribution in [0, 0.1) is 0 Å². The van der Waals surface area contributed by atoms with Gasteiger partial charge in [-0.15, -0.1) is 0 Å². The summed E-state index contributed by atoms with van der Waals surface area (Å²) in [5.74, 6) is 1.61. The number of fused-ring (bicyclic) bond motifs is 1. The maximum atomic E-state index is 5.74. The van der Waals surface area contributed by atoms with E-state index in [4.69, 9.17) is 14.6 Å². The van der Waals surface area contributed by atoms with E-state index >= 15 is 0 Å². The Balaban J connectivity index is 1.59. The molecule has 1 aromatic heterocycles. The van der Waals surface area contributed by atoms with Gasteiger partial charge in [-0.2, -0.15) is 5.10 Å². The summed E-state index contributed by atoms with van der Waals surface area (Å²) in [4.78, 5) is 2.42. The van der Waals surface area contributed by atoms with Crippen LogP contribution in [0.3, 0.4) is 0 Å². The highest BCUT2D eigenvalue weighted by atomic mass is 16.6. The zero-order valence-electron chi connectivity index (χ0n) is 15.9. The Bertz CT molecular complexity index is 905. The molecule has 140 valence electrons. The Morgan fingerprint density at radius 3 is 2.56 bits per heavy atom. The first-order valence-corrected chi connectivity index (χ1v) is 9.41. The van der Waals surface area contributed by atoms with Crippen LogP contribution in [0.1, 0.15) is 18.1 Å². The minimum atomic E-state index is 0.590. The van der Waals surface area contributed by atoms with Gasteiger partial charge in [0.15, 0.2) is 11.5 Å². The van der Waals surface area contributed by atoms with Crippen molar-refractivity contribution in [2.45, 2.75) is 20.0 Å². The fourth-order valence-corrected chi connectivity index (χ4v) is 3.45. The zero-order chi connectivity index (χ0) is 18.6. The lowest BCUT2D eigenvalue weighted by molar-refractivity contribution is 0.171. The molecule has 1 aliphatic rings. The molecular formula is C22H25N3O2. The van der Waals surface area contributed by atoms with Gasteiger partial charge in [-0.25, -0.2) is 0 Å². The van der Waals surface area contributed by atoms with Crippen molar-refractivity contribution in [3.05, 3.63) is 65.9 Å². The van der Waals surface area contributed by atoms with E-state index < -0.39 is 0 Å². The molecule has 0 N–H and O–H groups in total. The number of rotatable bonds is 6. The van der Waals surface area contributed by atoms with Gasteiger partial charge in [0.1, 0.15) is 13.2 Å². The van der Waals surface area contributed by atoms with E-state index in [1.807, 2.05) is 23.9 Å². The highest BCUT2D eigenvalue weighted by molar-refractivity contribution is 5.66. The summed E-state index contributed by atoms with van der Waals surface area (Å²) in [7, 11) is 1.97. The Kier molecular flexibility index (Phi) is 5.12. The van der Waals surface area contributed by atoms with Crippen molar-refractivity contribution in [2.75, 3.05) is 19.8 Å². The molecule has 0 fully saturated rings. The van der Waals surface area contributed by atoms with Crippen molar-refractivity contribution in [2.24, 2.45) is 7.05 Å². The first-order valence-electron chi connectivity index (χ1n) is 9.41. The van der Waals surface area contributed by atoms with Crippen LogP contribution >= 0.6 is 0 Å². The highest BCUT2D eigenvalue weighted by Crippen LogP contribution is 2.35. The molecular weight excluding hydrogens is 338 g/mol. The number of hydrogen-bond acceptors (Lipinski definition) is 4. The molecule has 0 saturated carbocycles. The largest absolute Gasteiger partial charge is 0.486 e. The van der Waals surface area contributed by atoms with Crippen molar-refractivity contribution < 1.29 is 9.47 Å². The summed E-state index contributed by atoms with van der Waals surface area (Å²) in [6, 6.07) is 16.7. The topological polar surface area (TPSA) is 39.5 Å². The number of ether oxygens (including phenoxy) is 2. The van der Waals surface area contributed by atoms with Crippen LogP contribution in [0.15, 0.2) is 54.7 Å². The Labute approximate surface area is 160 Å². The minimum Gasteiger partial charge on any atom is -0.486 e. The molecule has 0 bridgehead atoms. The van der Waals surface area contributed by atoms with Gasteiger partial charge >= 0.3 is 0 Å². The maximum absolute atomic E-state index is 5.74. The van der Waals surface area contributed by atoms with Gasteiger partial charge in [0.2, 0.25) is 0 Å². The van der Waals surface area contributed by atoms with Crippen molar-refractivity contribution in [3.8, 4) is 22.8 Å². The molecule has 0 atom stereocenters. The van der Waals surface area contributed by atoms with Gasteiger partial charge < -0.3 is 9.47 Å². The van der Waals surface area contributed by atoms with Crippen LogP contribution in [0.4, 0.5) is 0 Å². The van der Waals surface area contributed by atoms with E-state index in [0.717, 1.165) is 42.4 Å². The summed E-state index contributed by atoms with van der Waals surface area (Å²) in [5, 5.41) is 4.72. The summed E-state index contributed by atoms with van der Waals surface area (Å²) >= 11 is 0. The molecule has 2 heterocycles. The van der Waals surface area contributed by atoms with Crippen molar-refractivity contribution >= 4 is 0 Å². The molecule has 0 amide bonds. The number of benzene rings is 2. The molecule has 2 aromatic carbocycles. The second kappa shape index (κ2) is 7.84. The smallest absolute Gasteiger partial charge is 0.162 e. The average molecular weight is 363 g/mol. The van der Waals surface area contributed by atoms with Gasteiger partial charge in [-0.1, -0.05) is 37.3 Å². The third-order valence-corrected chi connectivity index (χ3v) is 4.81. The van der Waals surface area contributed by atoms with Crippen LogP contribution in [-0.4, -0.2) is 34.4 Å². The number of hydrogen-bond donors (Lipinski definition) is 0. The number of aryl methyl sites for hydroxylation is 1. The van der Waals surface area contributed by atoms with Crippen LogP contribution < -0.4 is 9.47 Å². The van der Waals surface area contributed by atoms with Crippen molar-refractivity contribution in [1.29, 1.82) is 0 Å². The van der Waals surface area contributed by atoms with Crippen LogP contribution in [0.25, 0.3) is 11.3 Å². The molecule has 0 saturated heterocycles. The first kappa shape index (κ1) is 17.6. The second-order valence-electron chi connectivity index (χ2n) is 6.82. The fraction of sp³-hybridized carbons (Fsp3) is 0.318. The minimum absolute atomic E-state index is 0.590. The molecule has 27 heavy (non-hydrogen) atoms. The summed E-state index contributed by atoms with van der Waals surface area (Å²) in [6.07, 6.45) is 2.11. The molecule has 0 unspecified atom stereocenters. The lowest BCUT2D eigenvalue weighted by Crippen LogP contribution is -2.22. The molecule has 3 aromatic rings. The predicted molar refractivity (Wildman–Crippen MR) is 106 cm³/mol. The molecule has 0 spiro atoms. The average Bonchev–Trinajstić information content (AvgIpc) is 3.08. The maximum Gasteiger partial charge on any atom is 0.162 e. The third-order valence-electron chi connectivity index (χ3n) is 4.81. The van der Waals surface area contributed by atoms with E-state index in [9.17, 15) is 0 Å². The summed E-state index contributed by atoms with van der Waals surface area (Å²) in [5.41, 5.74) is 4.60. The van der Waals surface area contributed by atoms with E-state index in [2.05, 4.69) is 54.4 Å². The standard InChI is InChI=1S/C22H25N3O2/c1-3-25(14-17-7-5-4-6-8-17)16-19-15-24(2)23-22(19)18-9-10-20-21(13-18)27-12-11-26-20/h4-10,13,15H,3,11-12,14,16H2,1-2H3. The fourth-order valence-electron chi connectivity index (χ4n) is 3.45. The van der Waals surface area contributed by atoms with Gasteiger partial charge in [0.05, 0.1) is 5.69 Å². The monoisotopic (exact) mass is 363 g/mol. The van der Waals surface area contributed by atoms with Gasteiger partial charge in [-0.3, -0.25) is 9.58 Å². The molecule has 0 radical (unpaired) electrons. The normalized spacial score (nSPS) is 13.1. The lowest BCUT2D eigenvalue weighted by Gasteiger charge is -2.21. The molecule has 1 aliphatic heterocycles. The molecule has 5 nitrogen and oxygen atoms in total. The lowest BCUT2D eigenvalue weighted by atomic mass is 10.1. The predicted octanol–water partition coefficient (Wildman–Crippen LogP) is 3.88.